The number of halogens is 1. The minimum atomic E-state index is 0.678. The molecule has 140 valence electrons. The third kappa shape index (κ3) is 3.59. The second-order valence-electron chi connectivity index (χ2n) is 6.27. The van der Waals surface area contributed by atoms with Gasteiger partial charge in [-0.3, -0.25) is 0 Å². The SMILES string of the molecule is COc1ccc(-c2cn(-c3ccc(OC)cc3)nc2-c2cccc(Cl)c2)cc1. The van der Waals surface area contributed by atoms with Gasteiger partial charge in [0, 0.05) is 22.3 Å². The molecule has 0 saturated heterocycles. The molecule has 4 aromatic rings. The molecule has 0 spiro atoms. The summed E-state index contributed by atoms with van der Waals surface area (Å²) in [5.74, 6) is 1.62. The number of rotatable bonds is 5. The summed E-state index contributed by atoms with van der Waals surface area (Å²) in [5, 5.41) is 5.53. The molecular formula is C23H19ClN2O2. The van der Waals surface area contributed by atoms with E-state index in [2.05, 4.69) is 0 Å². The molecular weight excluding hydrogens is 372 g/mol. The van der Waals surface area contributed by atoms with Gasteiger partial charge in [-0.1, -0.05) is 35.9 Å². The van der Waals surface area contributed by atoms with Crippen molar-refractivity contribution < 1.29 is 9.47 Å². The summed E-state index contributed by atoms with van der Waals surface area (Å²) >= 11 is 6.22. The Hall–Kier alpha value is -3.24. The second-order valence-corrected chi connectivity index (χ2v) is 6.71. The normalized spacial score (nSPS) is 10.7. The summed E-state index contributed by atoms with van der Waals surface area (Å²) < 4.78 is 12.4. The van der Waals surface area contributed by atoms with E-state index >= 15 is 0 Å². The van der Waals surface area contributed by atoms with Crippen LogP contribution >= 0.6 is 11.6 Å². The lowest BCUT2D eigenvalue weighted by atomic mass is 10.0. The van der Waals surface area contributed by atoms with E-state index in [4.69, 9.17) is 26.2 Å². The van der Waals surface area contributed by atoms with Crippen LogP contribution in [0.25, 0.3) is 28.1 Å². The van der Waals surface area contributed by atoms with Crippen LogP contribution < -0.4 is 9.47 Å². The summed E-state index contributed by atoms with van der Waals surface area (Å²) in [4.78, 5) is 0. The van der Waals surface area contributed by atoms with Crippen molar-refractivity contribution in [3.8, 4) is 39.6 Å². The van der Waals surface area contributed by atoms with Crippen molar-refractivity contribution >= 4 is 11.6 Å². The first-order valence-corrected chi connectivity index (χ1v) is 9.20. The molecule has 4 nitrogen and oxygen atoms in total. The van der Waals surface area contributed by atoms with Crippen LogP contribution in [0, 0.1) is 0 Å². The van der Waals surface area contributed by atoms with Crippen molar-refractivity contribution in [1.82, 2.24) is 9.78 Å². The number of aromatic nitrogens is 2. The molecule has 0 radical (unpaired) electrons. The van der Waals surface area contributed by atoms with Gasteiger partial charge in [0.05, 0.1) is 19.9 Å². The Morgan fingerprint density at radius 1 is 0.786 bits per heavy atom. The first-order chi connectivity index (χ1) is 13.7. The molecule has 0 unspecified atom stereocenters. The van der Waals surface area contributed by atoms with Crippen molar-refractivity contribution in [3.63, 3.8) is 0 Å². The Morgan fingerprint density at radius 3 is 2.04 bits per heavy atom. The standard InChI is InChI=1S/C23H19ClN2O2/c1-27-20-10-6-16(7-11-20)22-15-26(19-8-12-21(28-2)13-9-19)25-23(22)17-4-3-5-18(24)14-17/h3-15H,1-2H3. The van der Waals surface area contributed by atoms with Crippen molar-refractivity contribution in [3.05, 3.63) is 84.0 Å². The summed E-state index contributed by atoms with van der Waals surface area (Å²) in [5.41, 5.74) is 4.84. The van der Waals surface area contributed by atoms with Gasteiger partial charge in [0.25, 0.3) is 0 Å². The van der Waals surface area contributed by atoms with Gasteiger partial charge in [-0.05, 0) is 54.1 Å². The molecule has 0 aliphatic heterocycles. The van der Waals surface area contributed by atoms with Crippen molar-refractivity contribution in [2.24, 2.45) is 0 Å². The number of hydrogen-bond donors (Lipinski definition) is 0. The van der Waals surface area contributed by atoms with Crippen LogP contribution in [0.3, 0.4) is 0 Å². The Balaban J connectivity index is 1.85. The van der Waals surface area contributed by atoms with E-state index in [9.17, 15) is 0 Å². The second kappa shape index (κ2) is 7.79. The lowest BCUT2D eigenvalue weighted by Crippen LogP contribution is -1.95. The fourth-order valence-corrected chi connectivity index (χ4v) is 3.26. The maximum absolute atomic E-state index is 6.22. The molecule has 4 rings (SSSR count). The predicted octanol–water partition coefficient (Wildman–Crippen LogP) is 5.88. The van der Waals surface area contributed by atoms with Crippen molar-refractivity contribution in [2.75, 3.05) is 14.2 Å². The molecule has 0 N–H and O–H groups in total. The molecule has 0 atom stereocenters. The molecule has 1 aromatic heterocycles. The van der Waals surface area contributed by atoms with Gasteiger partial charge >= 0.3 is 0 Å². The Bertz CT molecular complexity index is 1090. The highest BCUT2D eigenvalue weighted by molar-refractivity contribution is 6.30. The van der Waals surface area contributed by atoms with E-state index in [0.717, 1.165) is 39.6 Å². The molecule has 1 heterocycles. The molecule has 0 aliphatic carbocycles. The van der Waals surface area contributed by atoms with Gasteiger partial charge in [-0.15, -0.1) is 0 Å². The number of ether oxygens (including phenoxy) is 2. The van der Waals surface area contributed by atoms with Gasteiger partial charge in [0.15, 0.2) is 0 Å². The third-order valence-corrected chi connectivity index (χ3v) is 4.79. The number of methoxy groups -OCH3 is 2. The average Bonchev–Trinajstić information content (AvgIpc) is 3.19. The summed E-state index contributed by atoms with van der Waals surface area (Å²) in [6.45, 7) is 0. The van der Waals surface area contributed by atoms with E-state index in [0.29, 0.717) is 5.02 Å². The lowest BCUT2D eigenvalue weighted by Gasteiger charge is -2.05. The van der Waals surface area contributed by atoms with Crippen LogP contribution in [0.15, 0.2) is 79.0 Å². The van der Waals surface area contributed by atoms with E-state index in [1.807, 2.05) is 83.7 Å². The topological polar surface area (TPSA) is 36.3 Å². The zero-order chi connectivity index (χ0) is 19.5. The van der Waals surface area contributed by atoms with Gasteiger partial charge in [-0.2, -0.15) is 5.10 Å². The first kappa shape index (κ1) is 18.1. The Morgan fingerprint density at radius 2 is 1.43 bits per heavy atom. The summed E-state index contributed by atoms with van der Waals surface area (Å²) in [6, 6.07) is 23.5. The van der Waals surface area contributed by atoms with Crippen LogP contribution in [0.2, 0.25) is 5.02 Å². The van der Waals surface area contributed by atoms with Crippen molar-refractivity contribution in [2.45, 2.75) is 0 Å². The first-order valence-electron chi connectivity index (χ1n) is 8.82. The molecule has 0 saturated carbocycles. The quantitative estimate of drug-likeness (QED) is 0.427. The zero-order valence-electron chi connectivity index (χ0n) is 15.6. The molecule has 5 heteroatoms. The average molecular weight is 391 g/mol. The fraction of sp³-hybridized carbons (Fsp3) is 0.0870. The van der Waals surface area contributed by atoms with Crippen LogP contribution in [0.4, 0.5) is 0 Å². The maximum Gasteiger partial charge on any atom is 0.119 e. The molecule has 0 amide bonds. The van der Waals surface area contributed by atoms with E-state index in [1.165, 1.54) is 0 Å². The molecule has 3 aromatic carbocycles. The largest absolute Gasteiger partial charge is 0.497 e. The number of benzene rings is 3. The van der Waals surface area contributed by atoms with E-state index < -0.39 is 0 Å². The van der Waals surface area contributed by atoms with Crippen LogP contribution in [0.1, 0.15) is 0 Å². The monoisotopic (exact) mass is 390 g/mol. The van der Waals surface area contributed by atoms with Crippen LogP contribution in [-0.2, 0) is 0 Å². The van der Waals surface area contributed by atoms with E-state index in [-0.39, 0.29) is 0 Å². The minimum absolute atomic E-state index is 0.678. The van der Waals surface area contributed by atoms with E-state index in [1.54, 1.807) is 14.2 Å². The van der Waals surface area contributed by atoms with Gasteiger partial charge < -0.3 is 9.47 Å². The Labute approximate surface area is 168 Å². The summed E-state index contributed by atoms with van der Waals surface area (Å²) in [6.07, 6.45) is 2.03. The fourth-order valence-electron chi connectivity index (χ4n) is 3.07. The van der Waals surface area contributed by atoms with Crippen molar-refractivity contribution in [1.29, 1.82) is 0 Å². The minimum Gasteiger partial charge on any atom is -0.497 e. The van der Waals surface area contributed by atoms with Gasteiger partial charge in [0.2, 0.25) is 0 Å². The molecule has 0 aliphatic rings. The zero-order valence-corrected chi connectivity index (χ0v) is 16.4. The Kier molecular flexibility index (Phi) is 5.04. The summed E-state index contributed by atoms with van der Waals surface area (Å²) in [7, 11) is 3.32. The maximum atomic E-state index is 6.22. The van der Waals surface area contributed by atoms with Crippen LogP contribution in [-0.4, -0.2) is 24.0 Å². The third-order valence-electron chi connectivity index (χ3n) is 4.55. The number of nitrogens with zero attached hydrogens (tertiary/aromatic N) is 2. The highest BCUT2D eigenvalue weighted by Crippen LogP contribution is 2.34. The highest BCUT2D eigenvalue weighted by atomic mass is 35.5. The molecule has 0 bridgehead atoms. The lowest BCUT2D eigenvalue weighted by molar-refractivity contribution is 0.414. The number of hydrogen-bond acceptors (Lipinski definition) is 3. The van der Waals surface area contributed by atoms with Gasteiger partial charge in [-0.25, -0.2) is 4.68 Å². The molecule has 28 heavy (non-hydrogen) atoms. The highest BCUT2D eigenvalue weighted by Gasteiger charge is 2.15. The van der Waals surface area contributed by atoms with Crippen LogP contribution in [0.5, 0.6) is 11.5 Å². The smallest absolute Gasteiger partial charge is 0.119 e. The molecule has 0 fully saturated rings. The van der Waals surface area contributed by atoms with Gasteiger partial charge in [0.1, 0.15) is 17.2 Å². The predicted molar refractivity (Wildman–Crippen MR) is 113 cm³/mol.